The predicted octanol–water partition coefficient (Wildman–Crippen LogP) is 5.14. The van der Waals surface area contributed by atoms with Gasteiger partial charge in [0.25, 0.3) is 6.47 Å². The zero-order valence-electron chi connectivity index (χ0n) is 75.1. The molecule has 12 amide bonds. The Bertz CT molecular complexity index is 5080. The van der Waals surface area contributed by atoms with Crippen LogP contribution < -0.4 is 37.6 Å². The highest BCUT2D eigenvalue weighted by molar-refractivity contribution is 8.00. The normalized spacial score (nSPS) is 22.0. The maximum Gasteiger partial charge on any atom is 0.293 e. The number of aromatic hydroxyl groups is 3. The van der Waals surface area contributed by atoms with Crippen LogP contribution in [0.25, 0.3) is 10.9 Å². The number of ether oxygens (including phenoxy) is 1. The van der Waals surface area contributed by atoms with E-state index in [-0.39, 0.29) is 86.8 Å². The summed E-state index contributed by atoms with van der Waals surface area (Å²) < 4.78 is 5.15. The molecule has 11 atom stereocenters. The van der Waals surface area contributed by atoms with E-state index in [1.807, 2.05) is 6.92 Å². The Kier molecular flexibility index (Phi) is 39.2. The van der Waals surface area contributed by atoms with Gasteiger partial charge in [-0.1, -0.05) is 163 Å². The van der Waals surface area contributed by atoms with Gasteiger partial charge in [0.05, 0.1) is 30.8 Å². The van der Waals surface area contributed by atoms with E-state index in [2.05, 4.69) is 36.9 Å². The third kappa shape index (κ3) is 30.7. The Morgan fingerprint density at radius 1 is 0.500 bits per heavy atom. The number of nitrogens with two attached hydrogens (primary N) is 1. The van der Waals surface area contributed by atoms with Crippen LogP contribution in [0.1, 0.15) is 119 Å². The lowest BCUT2D eigenvalue weighted by Crippen LogP contribution is -2.59. The molecule has 8 rings (SSSR count). The van der Waals surface area contributed by atoms with Crippen molar-refractivity contribution in [3.8, 4) is 17.2 Å². The van der Waals surface area contributed by atoms with Crippen LogP contribution in [-0.4, -0.2) is 260 Å². The number of likely N-dealkylation sites (N-methyl/N-ethyl adjacent to an activating group) is 5. The van der Waals surface area contributed by atoms with Gasteiger partial charge in [0.2, 0.25) is 70.9 Å². The monoisotopic (exact) mass is 1810 g/mol. The van der Waals surface area contributed by atoms with Gasteiger partial charge < -0.3 is 87.2 Å². The summed E-state index contributed by atoms with van der Waals surface area (Å²) in [5, 5.41) is 48.6. The number of thioether (sulfide) groups is 1. The predicted molar refractivity (Wildman–Crippen MR) is 487 cm³/mol. The minimum absolute atomic E-state index is 0.0813. The molecule has 1 fully saturated rings. The third-order valence-electron chi connectivity index (χ3n) is 23.0. The van der Waals surface area contributed by atoms with Crippen LogP contribution in [0.3, 0.4) is 0 Å². The second-order valence-corrected chi connectivity index (χ2v) is 35.0. The number of hydrogen-bond donors (Lipinski definition) is 11. The molecular weight excluding hydrogens is 1690 g/mol. The number of primary amides is 1. The molecule has 7 aromatic rings. The van der Waals surface area contributed by atoms with Crippen molar-refractivity contribution in [3.63, 3.8) is 0 Å². The summed E-state index contributed by atoms with van der Waals surface area (Å²) in [6, 6.07) is 28.6. The molecule has 34 heteroatoms. The third-order valence-corrected chi connectivity index (χ3v) is 24.0. The Hall–Kier alpha value is -13.3. The van der Waals surface area contributed by atoms with E-state index in [1.54, 1.807) is 131 Å². The number of aromatic nitrogens is 1. The number of amides is 12. The molecule has 2 heterocycles. The molecule has 0 unspecified atom stereocenters. The minimum Gasteiger partial charge on any atom is -0.508 e. The van der Waals surface area contributed by atoms with Gasteiger partial charge in [-0.2, -0.15) is 0 Å². The van der Waals surface area contributed by atoms with Crippen molar-refractivity contribution >= 4 is 117 Å². The summed E-state index contributed by atoms with van der Waals surface area (Å²) >= 11 is 0.870. The fourth-order valence-electron chi connectivity index (χ4n) is 15.6. The van der Waals surface area contributed by atoms with Crippen LogP contribution in [0.5, 0.6) is 17.2 Å². The molecule has 1 aliphatic heterocycles. The molecule has 696 valence electrons. The summed E-state index contributed by atoms with van der Waals surface area (Å²) in [4.78, 5) is 244. The van der Waals surface area contributed by atoms with Crippen LogP contribution in [0.15, 0.2) is 164 Å². The number of fused-ring (bicyclic) bond motifs is 1. The van der Waals surface area contributed by atoms with Gasteiger partial charge in [-0.05, 0) is 101 Å². The van der Waals surface area contributed by atoms with Crippen molar-refractivity contribution in [2.45, 2.75) is 179 Å². The summed E-state index contributed by atoms with van der Waals surface area (Å²) in [7, 11) is 6.76. The Morgan fingerprint density at radius 3 is 1.54 bits per heavy atom. The number of carbonyl (C=O) groups is 16. The van der Waals surface area contributed by atoms with Crippen molar-refractivity contribution in [1.29, 1.82) is 0 Å². The van der Waals surface area contributed by atoms with Gasteiger partial charge in [0.1, 0.15) is 78.0 Å². The number of aromatic amines is 1. The Balaban J connectivity index is 1.22. The van der Waals surface area contributed by atoms with Gasteiger partial charge >= 0.3 is 0 Å². The smallest absolute Gasteiger partial charge is 0.293 e. The molecule has 33 nitrogen and oxygen atoms in total. The molecule has 0 saturated carbocycles. The minimum atomic E-state index is -1.63. The number of ketones is 3. The van der Waals surface area contributed by atoms with Crippen LogP contribution in [0, 0.1) is 23.7 Å². The van der Waals surface area contributed by atoms with E-state index in [1.165, 1.54) is 106 Å². The summed E-state index contributed by atoms with van der Waals surface area (Å²) in [6.07, 6.45) is -0.875. The molecule has 130 heavy (non-hydrogen) atoms. The molecule has 0 radical (unpaired) electrons. The van der Waals surface area contributed by atoms with Crippen molar-refractivity contribution in [3.05, 3.63) is 197 Å². The van der Waals surface area contributed by atoms with Gasteiger partial charge in [-0.15, -0.1) is 11.8 Å². The molecular formula is C96H121N13O20S. The molecule has 0 aliphatic carbocycles. The lowest BCUT2D eigenvalue weighted by molar-refractivity contribution is -0.151. The standard InChI is InChI=1S/C96H121N13O20S/c1-11-12-28-80-95(127)105(6)52-70(114)47-66(54-129-57-110)84(116)50-71(59(4)5)92(124)108(9)81(45-61-24-18-14-19-25-61)91(123)103-77(44-64-31-35-68(112)36-32-64)93(125)106(7)53-86(118)99-76(48-65-51-98-73-38-37-69(113)49-72(65)73)90(122)102-75(42-63-29-33-67(111)34-30-63)89(121)101-74(41-58(2)3)88(120)104-79(83(115)39-40-85(97)117)55-130-56-87(119)100-78(43-60-22-16-13-17-23-60)94(126)109(10)82(96(128)107(80)8)46-62-26-20-15-21-27-62/h13-27,29-38,49,51,57-59,66,71,74-82,98,111-113H,11-12,28,39-48,50,52-56H2,1-10H3,(H2,97,117)(H,99,118)(H,100,119)(H,101,121)(H,102,122)(H,103,123)(H,104,120)/t66-,71-,74-,75-,76-,77-,78-,79-,80-,81-,82-/m0/s1. The highest BCUT2D eigenvalue weighted by Gasteiger charge is 2.42. The van der Waals surface area contributed by atoms with Crippen LogP contribution in [0.4, 0.5) is 0 Å². The van der Waals surface area contributed by atoms with Crippen molar-refractivity contribution in [2.24, 2.45) is 29.4 Å². The van der Waals surface area contributed by atoms with E-state index in [4.69, 9.17) is 10.5 Å². The Labute approximate surface area is 760 Å². The van der Waals surface area contributed by atoms with Gasteiger partial charge in [-0.25, -0.2) is 0 Å². The molecule has 1 saturated heterocycles. The number of benzene rings is 6. The first-order valence-electron chi connectivity index (χ1n) is 43.5. The van der Waals surface area contributed by atoms with Crippen LogP contribution in [0.2, 0.25) is 0 Å². The van der Waals surface area contributed by atoms with Gasteiger partial charge in [0.15, 0.2) is 11.6 Å². The first-order chi connectivity index (χ1) is 61.9. The molecule has 1 aromatic heterocycles. The fraction of sp³-hybridized carbons (Fsp3) is 0.438. The maximum atomic E-state index is 15.6. The number of carbonyl (C=O) groups excluding carboxylic acids is 16. The Morgan fingerprint density at radius 2 is 0.985 bits per heavy atom. The van der Waals surface area contributed by atoms with Gasteiger partial charge in [0, 0.05) is 128 Å². The highest BCUT2D eigenvalue weighted by atomic mass is 32.2. The lowest BCUT2D eigenvalue weighted by Gasteiger charge is -2.37. The van der Waals surface area contributed by atoms with E-state index >= 15 is 43.2 Å². The molecule has 12 N–H and O–H groups in total. The second kappa shape index (κ2) is 49.9. The van der Waals surface area contributed by atoms with Crippen LogP contribution in [-0.2, 0) is 120 Å². The van der Waals surface area contributed by atoms with Crippen molar-refractivity contribution in [1.82, 2.24) is 61.4 Å². The van der Waals surface area contributed by atoms with Gasteiger partial charge in [-0.3, -0.25) is 76.7 Å². The number of nitrogens with zero attached hydrogens (tertiary/aromatic N) is 5. The number of phenols is 3. The summed E-state index contributed by atoms with van der Waals surface area (Å²) in [5.74, 6) is -16.8. The number of rotatable bonds is 25. The van der Waals surface area contributed by atoms with E-state index in [9.17, 15) is 48.9 Å². The zero-order valence-corrected chi connectivity index (χ0v) is 75.9. The van der Waals surface area contributed by atoms with Crippen LogP contribution >= 0.6 is 11.8 Å². The summed E-state index contributed by atoms with van der Waals surface area (Å²) in [5.41, 5.74) is 8.99. The maximum absolute atomic E-state index is 15.6. The average Bonchev–Trinajstić information content (AvgIpc) is 1.59. The highest BCUT2D eigenvalue weighted by Crippen LogP contribution is 2.29. The first kappa shape index (κ1) is 102. The molecule has 1 aliphatic rings. The summed E-state index contributed by atoms with van der Waals surface area (Å²) in [6.45, 7) is 6.77. The molecule has 0 bridgehead atoms. The average molecular weight is 1810 g/mol. The van der Waals surface area contributed by atoms with Crippen molar-refractivity contribution in [2.75, 3.05) is 66.4 Å². The number of Topliss-reactive ketones (excluding diaryl/α,β-unsaturated/α-hetero) is 3. The fourth-order valence-corrected chi connectivity index (χ4v) is 16.5. The quantitative estimate of drug-likeness (QED) is 0.0330. The number of H-pyrrole nitrogens is 1. The largest absolute Gasteiger partial charge is 0.508 e. The van der Waals surface area contributed by atoms with E-state index < -0.39 is 211 Å². The lowest BCUT2D eigenvalue weighted by atomic mass is 9.84. The van der Waals surface area contributed by atoms with E-state index in [0.717, 1.165) is 26.5 Å². The second-order valence-electron chi connectivity index (χ2n) is 33.9. The SMILES string of the molecule is CCCC[C@H]1C(=O)N(C)CC(=O)C[C@@H](COC=O)C(=O)C[C@@H](C(C)C)C(=O)N(C)[C@@H](Cc2ccccc2)C(=O)N[C@@H](Cc2ccc(O)cc2)C(=O)N(C)CC(=O)N[C@@H](Cc2c[nH]c3ccc(O)cc23)C(=O)N[C@@H](Cc2ccc(O)cc2)C(=O)N[C@@H](CC(C)C)C(=O)N[C@H](C(=O)CCC(N)=O)CSCC(=O)N[C@@H](Cc2ccccc2)C(=O)N(C)[C@@H](Cc2ccccc2)C(=O)N1C. The zero-order chi connectivity index (χ0) is 95.0. The van der Waals surface area contributed by atoms with E-state index in [0.29, 0.717) is 57.1 Å². The number of phenolic OH excluding ortho intramolecular Hbond substituents is 3. The van der Waals surface area contributed by atoms with Crippen molar-refractivity contribution < 1.29 is 96.8 Å². The topological polar surface area (TPSA) is 473 Å². The first-order valence-corrected chi connectivity index (χ1v) is 44.6. The molecule has 6 aromatic carbocycles. The number of hydrogen-bond acceptors (Lipinski definition) is 21. The molecule has 0 spiro atoms. The number of nitrogens with one attached hydrogen (secondary N) is 7. The number of unbranched alkanes of at least 4 members (excludes halogenated alkanes) is 1.